The van der Waals surface area contributed by atoms with Crippen LogP contribution in [0.5, 0.6) is 0 Å². The maximum absolute atomic E-state index is 4.76. The molecule has 1 aromatic carbocycles. The second-order valence-electron chi connectivity index (χ2n) is 4.17. The van der Waals surface area contributed by atoms with Gasteiger partial charge in [-0.3, -0.25) is 4.99 Å². The summed E-state index contributed by atoms with van der Waals surface area (Å²) in [5.41, 5.74) is 1.30. The molecule has 3 atom stereocenters. The first-order chi connectivity index (χ1) is 7.18. The summed E-state index contributed by atoms with van der Waals surface area (Å²) in [6.45, 7) is 6.69. The zero-order valence-electron chi connectivity index (χ0n) is 9.47. The van der Waals surface area contributed by atoms with Crippen LogP contribution < -0.4 is 0 Å². The number of hydrogen-bond donors (Lipinski definition) is 0. The molecule has 0 saturated carbocycles. The second-order valence-corrected chi connectivity index (χ2v) is 5.56. The van der Waals surface area contributed by atoms with E-state index >= 15 is 0 Å². The maximum atomic E-state index is 4.76. The summed E-state index contributed by atoms with van der Waals surface area (Å²) in [5, 5.41) is 2.06. The van der Waals surface area contributed by atoms with Crippen molar-refractivity contribution >= 4 is 16.8 Å². The molecule has 1 saturated heterocycles. The van der Waals surface area contributed by atoms with Gasteiger partial charge in [-0.25, -0.2) is 0 Å². The lowest BCUT2D eigenvalue weighted by molar-refractivity contribution is 0.720. The second kappa shape index (κ2) is 4.40. The van der Waals surface area contributed by atoms with Gasteiger partial charge in [0.2, 0.25) is 0 Å². The molecule has 1 aliphatic heterocycles. The third kappa shape index (κ3) is 2.25. The van der Waals surface area contributed by atoms with Crippen LogP contribution in [0.15, 0.2) is 35.3 Å². The van der Waals surface area contributed by atoms with Crippen LogP contribution >= 0.6 is 11.8 Å². The van der Waals surface area contributed by atoms with Crippen molar-refractivity contribution in [1.29, 1.82) is 0 Å². The third-order valence-corrected chi connectivity index (χ3v) is 4.50. The number of benzene rings is 1. The van der Waals surface area contributed by atoms with Crippen LogP contribution in [0.4, 0.5) is 0 Å². The molecule has 2 rings (SSSR count). The van der Waals surface area contributed by atoms with Crippen LogP contribution in [0.2, 0.25) is 0 Å². The van der Waals surface area contributed by atoms with Crippen molar-refractivity contribution in [2.75, 3.05) is 0 Å². The number of rotatable bonds is 2. The molecule has 1 aromatic rings. The van der Waals surface area contributed by atoms with Gasteiger partial charge in [0.1, 0.15) is 0 Å². The summed E-state index contributed by atoms with van der Waals surface area (Å²) in [5.74, 6) is 0.654. The Morgan fingerprint density at radius 3 is 2.40 bits per heavy atom. The lowest BCUT2D eigenvalue weighted by Crippen LogP contribution is -2.31. The van der Waals surface area contributed by atoms with Crippen molar-refractivity contribution < 1.29 is 0 Å². The fraction of sp³-hybridized carbons (Fsp3) is 0.462. The van der Waals surface area contributed by atoms with Crippen LogP contribution in [0, 0.1) is 5.92 Å². The molecule has 1 fully saturated rings. The zero-order chi connectivity index (χ0) is 10.8. The van der Waals surface area contributed by atoms with E-state index in [0.29, 0.717) is 12.0 Å². The maximum Gasteiger partial charge on any atom is 0.0730 e. The molecule has 80 valence electrons. The fourth-order valence-electron chi connectivity index (χ4n) is 1.67. The molecule has 15 heavy (non-hydrogen) atoms. The standard InChI is InChI=1S/C13H17NS/c1-9-11(3)15-13(9)14-10(2)12-7-5-4-6-8-12/h4-11H,1-3H3. The zero-order valence-corrected chi connectivity index (χ0v) is 10.3. The van der Waals surface area contributed by atoms with Gasteiger partial charge in [-0.1, -0.05) is 44.2 Å². The Morgan fingerprint density at radius 2 is 1.87 bits per heavy atom. The van der Waals surface area contributed by atoms with E-state index in [4.69, 9.17) is 4.99 Å². The van der Waals surface area contributed by atoms with Gasteiger partial charge in [-0.05, 0) is 12.5 Å². The number of thioether (sulfide) groups is 1. The molecular weight excluding hydrogens is 202 g/mol. The van der Waals surface area contributed by atoms with Crippen molar-refractivity contribution in [1.82, 2.24) is 0 Å². The Balaban J connectivity index is 2.08. The molecule has 0 radical (unpaired) electrons. The first-order valence-electron chi connectivity index (χ1n) is 5.48. The smallest absolute Gasteiger partial charge is 0.0730 e. The highest BCUT2D eigenvalue weighted by Crippen LogP contribution is 2.38. The first kappa shape index (κ1) is 10.7. The summed E-state index contributed by atoms with van der Waals surface area (Å²) in [7, 11) is 0. The van der Waals surface area contributed by atoms with Gasteiger partial charge in [-0.15, -0.1) is 11.8 Å². The van der Waals surface area contributed by atoms with E-state index in [9.17, 15) is 0 Å². The number of nitrogens with zero attached hydrogens (tertiary/aromatic N) is 1. The van der Waals surface area contributed by atoms with E-state index in [2.05, 4.69) is 45.0 Å². The van der Waals surface area contributed by atoms with Crippen molar-refractivity contribution in [3.05, 3.63) is 35.9 Å². The van der Waals surface area contributed by atoms with Crippen molar-refractivity contribution in [3.63, 3.8) is 0 Å². The molecule has 2 heteroatoms. The first-order valence-corrected chi connectivity index (χ1v) is 6.35. The molecule has 1 heterocycles. The van der Waals surface area contributed by atoms with Crippen LogP contribution in [0.1, 0.15) is 32.4 Å². The molecule has 1 nitrogen and oxygen atoms in total. The van der Waals surface area contributed by atoms with Crippen LogP contribution in [-0.4, -0.2) is 10.3 Å². The van der Waals surface area contributed by atoms with Gasteiger partial charge in [-0.2, -0.15) is 0 Å². The fourth-order valence-corrected chi connectivity index (χ4v) is 2.80. The van der Waals surface area contributed by atoms with Gasteiger partial charge >= 0.3 is 0 Å². The van der Waals surface area contributed by atoms with Crippen LogP contribution in [0.25, 0.3) is 0 Å². The lowest BCUT2D eigenvalue weighted by atomic mass is 10.1. The Labute approximate surface area is 96.0 Å². The van der Waals surface area contributed by atoms with Crippen molar-refractivity contribution in [2.24, 2.45) is 10.9 Å². The molecule has 0 aliphatic carbocycles. The summed E-state index contributed by atoms with van der Waals surface area (Å²) < 4.78 is 0. The molecule has 0 amide bonds. The number of aliphatic imine (C=N–C) groups is 1. The predicted octanol–water partition coefficient (Wildman–Crippen LogP) is 3.92. The van der Waals surface area contributed by atoms with E-state index < -0.39 is 0 Å². The largest absolute Gasteiger partial charge is 0.275 e. The van der Waals surface area contributed by atoms with Gasteiger partial charge in [0, 0.05) is 11.2 Å². The molecule has 0 N–H and O–H groups in total. The normalized spacial score (nSPS) is 29.9. The van der Waals surface area contributed by atoms with Gasteiger partial charge in [0.25, 0.3) is 0 Å². The Hall–Kier alpha value is -0.760. The molecular formula is C13H17NS. The van der Waals surface area contributed by atoms with E-state index in [1.54, 1.807) is 0 Å². The minimum absolute atomic E-state index is 0.295. The lowest BCUT2D eigenvalue weighted by Gasteiger charge is -2.32. The van der Waals surface area contributed by atoms with Crippen molar-refractivity contribution in [2.45, 2.75) is 32.1 Å². The monoisotopic (exact) mass is 219 g/mol. The van der Waals surface area contributed by atoms with E-state index in [0.717, 1.165) is 5.25 Å². The summed E-state index contributed by atoms with van der Waals surface area (Å²) in [6.07, 6.45) is 0. The predicted molar refractivity (Wildman–Crippen MR) is 68.5 cm³/mol. The minimum Gasteiger partial charge on any atom is -0.275 e. The van der Waals surface area contributed by atoms with E-state index in [1.807, 2.05) is 17.8 Å². The minimum atomic E-state index is 0.295. The topological polar surface area (TPSA) is 12.4 Å². The highest BCUT2D eigenvalue weighted by Gasteiger charge is 2.31. The SMILES string of the molecule is CC(N=C1SC(C)C1C)c1ccccc1. The average Bonchev–Trinajstić information content (AvgIpc) is 2.29. The third-order valence-electron chi connectivity index (χ3n) is 3.00. The Bertz CT molecular complexity index is 358. The molecule has 1 aliphatic rings. The van der Waals surface area contributed by atoms with Gasteiger partial charge in [0.15, 0.2) is 0 Å². The van der Waals surface area contributed by atoms with E-state index in [-0.39, 0.29) is 0 Å². The van der Waals surface area contributed by atoms with Crippen LogP contribution in [-0.2, 0) is 0 Å². The summed E-state index contributed by atoms with van der Waals surface area (Å²) in [6, 6.07) is 10.8. The molecule has 0 aromatic heterocycles. The van der Waals surface area contributed by atoms with Gasteiger partial charge in [0.05, 0.1) is 11.1 Å². The highest BCUT2D eigenvalue weighted by molar-refractivity contribution is 8.16. The highest BCUT2D eigenvalue weighted by atomic mass is 32.2. The molecule has 0 bridgehead atoms. The average molecular weight is 219 g/mol. The summed E-state index contributed by atoms with van der Waals surface area (Å²) in [4.78, 5) is 4.76. The Kier molecular flexibility index (Phi) is 3.15. The van der Waals surface area contributed by atoms with Gasteiger partial charge < -0.3 is 0 Å². The molecule has 3 unspecified atom stereocenters. The quantitative estimate of drug-likeness (QED) is 0.734. The summed E-state index contributed by atoms with van der Waals surface area (Å²) >= 11 is 1.91. The van der Waals surface area contributed by atoms with Crippen molar-refractivity contribution in [3.8, 4) is 0 Å². The number of hydrogen-bond acceptors (Lipinski definition) is 2. The van der Waals surface area contributed by atoms with E-state index in [1.165, 1.54) is 10.6 Å². The molecule has 0 spiro atoms. The Morgan fingerprint density at radius 1 is 1.20 bits per heavy atom. The van der Waals surface area contributed by atoms with Crippen LogP contribution in [0.3, 0.4) is 0 Å².